The van der Waals surface area contributed by atoms with Crippen LogP contribution in [0.1, 0.15) is 39.1 Å². The van der Waals surface area contributed by atoms with E-state index in [1.54, 1.807) is 22.7 Å². The van der Waals surface area contributed by atoms with Crippen LogP contribution >= 0.6 is 22.7 Å². The molecule has 1 N–H and O–H groups in total. The highest BCUT2D eigenvalue weighted by Crippen LogP contribution is 2.40. The van der Waals surface area contributed by atoms with Crippen LogP contribution in [-0.4, -0.2) is 28.6 Å². The van der Waals surface area contributed by atoms with Crippen LogP contribution in [-0.2, 0) is 4.79 Å². The lowest BCUT2D eigenvalue weighted by atomic mass is 10.1. The molecule has 1 fully saturated rings. The molecule has 0 bridgehead atoms. The third-order valence-corrected chi connectivity index (χ3v) is 6.12. The molecule has 1 aliphatic rings. The second-order valence-electron chi connectivity index (χ2n) is 5.61. The molecule has 2 unspecified atom stereocenters. The second-order valence-corrected chi connectivity index (χ2v) is 7.87. The third-order valence-electron chi connectivity index (χ3n) is 3.96. The maximum Gasteiger partial charge on any atom is 0.320 e. The van der Waals surface area contributed by atoms with Crippen LogP contribution in [0.15, 0.2) is 23.6 Å². The Morgan fingerprint density at radius 2 is 2.19 bits per heavy atom. The topological polar surface area (TPSA) is 40.5 Å². The summed E-state index contributed by atoms with van der Waals surface area (Å²) in [6.45, 7) is 5.05. The van der Waals surface area contributed by atoms with Gasteiger partial charge in [0.2, 0.25) is 0 Å². The number of hydrogen-bond acceptors (Lipinski definition) is 4. The average molecular weight is 321 g/mol. The summed E-state index contributed by atoms with van der Waals surface area (Å²) in [6, 6.07) is 6.20. The van der Waals surface area contributed by atoms with Crippen molar-refractivity contribution < 1.29 is 9.90 Å². The Balaban J connectivity index is 2.02. The molecule has 112 valence electrons. The van der Waals surface area contributed by atoms with E-state index in [9.17, 15) is 9.90 Å². The monoisotopic (exact) mass is 321 g/mol. The molecule has 3 nitrogen and oxygen atoms in total. The van der Waals surface area contributed by atoms with Crippen LogP contribution in [0.25, 0.3) is 0 Å². The van der Waals surface area contributed by atoms with Crippen molar-refractivity contribution in [2.45, 2.75) is 38.8 Å². The third kappa shape index (κ3) is 2.91. The van der Waals surface area contributed by atoms with Gasteiger partial charge in [0.1, 0.15) is 6.04 Å². The molecule has 1 saturated heterocycles. The number of aliphatic carboxylic acids is 1. The second kappa shape index (κ2) is 5.91. The molecule has 0 saturated carbocycles. The lowest BCUT2D eigenvalue weighted by Crippen LogP contribution is -2.38. The van der Waals surface area contributed by atoms with Crippen LogP contribution in [0.3, 0.4) is 0 Å². The summed E-state index contributed by atoms with van der Waals surface area (Å²) in [5.41, 5.74) is 1.25. The molecule has 0 aliphatic carbocycles. The Morgan fingerprint density at radius 1 is 1.38 bits per heavy atom. The number of nitrogens with zero attached hydrogens (tertiary/aromatic N) is 1. The molecule has 0 aromatic carbocycles. The lowest BCUT2D eigenvalue weighted by molar-refractivity contribution is -0.142. The molecule has 2 aromatic heterocycles. The van der Waals surface area contributed by atoms with Gasteiger partial charge in [0.15, 0.2) is 0 Å². The molecule has 0 spiro atoms. The van der Waals surface area contributed by atoms with Crippen molar-refractivity contribution >= 4 is 28.6 Å². The summed E-state index contributed by atoms with van der Waals surface area (Å²) in [5.74, 6) is -0.695. The maximum atomic E-state index is 11.6. The van der Waals surface area contributed by atoms with Gasteiger partial charge in [-0.25, -0.2) is 0 Å². The summed E-state index contributed by atoms with van der Waals surface area (Å²) in [7, 11) is 0. The van der Waals surface area contributed by atoms with Gasteiger partial charge < -0.3 is 5.11 Å². The van der Waals surface area contributed by atoms with Crippen molar-refractivity contribution in [1.82, 2.24) is 4.90 Å². The van der Waals surface area contributed by atoms with Crippen LogP contribution in [0.5, 0.6) is 0 Å². The van der Waals surface area contributed by atoms with Gasteiger partial charge in [0.05, 0.1) is 6.04 Å². The highest BCUT2D eigenvalue weighted by molar-refractivity contribution is 7.13. The zero-order valence-corrected chi connectivity index (χ0v) is 13.8. The van der Waals surface area contributed by atoms with Gasteiger partial charge in [-0.2, -0.15) is 0 Å². The molecule has 2 atom stereocenters. The van der Waals surface area contributed by atoms with Crippen molar-refractivity contribution in [2.75, 3.05) is 6.54 Å². The molecule has 0 radical (unpaired) electrons. The smallest absolute Gasteiger partial charge is 0.320 e. The number of rotatable bonds is 4. The zero-order chi connectivity index (χ0) is 15.0. The van der Waals surface area contributed by atoms with Gasteiger partial charge in [0.25, 0.3) is 0 Å². The van der Waals surface area contributed by atoms with Gasteiger partial charge >= 0.3 is 5.97 Å². The van der Waals surface area contributed by atoms with Crippen molar-refractivity contribution in [2.24, 2.45) is 0 Å². The predicted molar refractivity (Wildman–Crippen MR) is 87.3 cm³/mol. The van der Waals surface area contributed by atoms with Gasteiger partial charge in [0, 0.05) is 21.2 Å². The minimum Gasteiger partial charge on any atom is -0.480 e. The Kier molecular flexibility index (Phi) is 4.15. The van der Waals surface area contributed by atoms with Gasteiger partial charge in [-0.05, 0) is 55.8 Å². The van der Waals surface area contributed by atoms with E-state index in [0.29, 0.717) is 0 Å². The molecule has 0 amide bonds. The lowest BCUT2D eigenvalue weighted by Gasteiger charge is -2.29. The van der Waals surface area contributed by atoms with Gasteiger partial charge in [-0.15, -0.1) is 22.7 Å². The van der Waals surface area contributed by atoms with E-state index >= 15 is 0 Å². The highest BCUT2D eigenvalue weighted by Gasteiger charge is 2.37. The van der Waals surface area contributed by atoms with Crippen LogP contribution < -0.4 is 0 Å². The maximum absolute atomic E-state index is 11.6. The minimum atomic E-state index is -0.695. The van der Waals surface area contributed by atoms with Crippen molar-refractivity contribution in [3.63, 3.8) is 0 Å². The molecule has 5 heteroatoms. The summed E-state index contributed by atoms with van der Waals surface area (Å²) >= 11 is 3.51. The minimum absolute atomic E-state index is 0.0889. The van der Waals surface area contributed by atoms with E-state index in [1.807, 2.05) is 0 Å². The normalized spacial score (nSPS) is 20.8. The number of aryl methyl sites for hydroxylation is 2. The zero-order valence-electron chi connectivity index (χ0n) is 12.2. The summed E-state index contributed by atoms with van der Waals surface area (Å²) in [4.78, 5) is 17.5. The largest absolute Gasteiger partial charge is 0.480 e. The van der Waals surface area contributed by atoms with E-state index in [4.69, 9.17) is 0 Å². The number of hydrogen-bond donors (Lipinski definition) is 1. The fourth-order valence-electron chi connectivity index (χ4n) is 3.03. The van der Waals surface area contributed by atoms with Crippen LogP contribution in [0, 0.1) is 13.8 Å². The molecule has 3 rings (SSSR count). The Morgan fingerprint density at radius 3 is 2.76 bits per heavy atom. The van der Waals surface area contributed by atoms with E-state index in [-0.39, 0.29) is 12.1 Å². The fourth-order valence-corrected chi connectivity index (χ4v) is 5.16. The van der Waals surface area contributed by atoms with E-state index in [0.717, 1.165) is 19.4 Å². The number of carboxylic acid groups (broad SMARTS) is 1. The standard InChI is InChI=1S/C16H19NO2S2/c1-10-8-14(20-9-10)15(13-6-5-11(2)21-13)17-7-3-4-12(17)16(18)19/h5-6,8-9,12,15H,3-4,7H2,1-2H3,(H,18,19). The Bertz CT molecular complexity index is 606. The fraction of sp³-hybridized carbons (Fsp3) is 0.438. The number of carboxylic acids is 1. The van der Waals surface area contributed by atoms with E-state index < -0.39 is 5.97 Å². The number of carbonyl (C=O) groups is 1. The van der Waals surface area contributed by atoms with E-state index in [2.05, 4.69) is 42.3 Å². The first-order valence-electron chi connectivity index (χ1n) is 7.16. The predicted octanol–water partition coefficient (Wildman–Crippen LogP) is 4.06. The summed E-state index contributed by atoms with van der Waals surface area (Å²) in [6.07, 6.45) is 1.71. The molecule has 2 aromatic rings. The van der Waals surface area contributed by atoms with Crippen LogP contribution in [0.2, 0.25) is 0 Å². The van der Waals surface area contributed by atoms with Crippen molar-refractivity contribution in [3.8, 4) is 0 Å². The molecular weight excluding hydrogens is 302 g/mol. The van der Waals surface area contributed by atoms with E-state index in [1.165, 1.54) is 20.2 Å². The quantitative estimate of drug-likeness (QED) is 0.923. The molecule has 21 heavy (non-hydrogen) atoms. The average Bonchev–Trinajstić information content (AvgIpc) is 3.13. The number of likely N-dealkylation sites (tertiary alicyclic amines) is 1. The van der Waals surface area contributed by atoms with Crippen LogP contribution in [0.4, 0.5) is 0 Å². The Hall–Kier alpha value is -1.17. The molecule has 1 aliphatic heterocycles. The first-order valence-corrected chi connectivity index (χ1v) is 8.86. The van der Waals surface area contributed by atoms with Gasteiger partial charge in [-0.3, -0.25) is 9.69 Å². The van der Waals surface area contributed by atoms with Crippen molar-refractivity contribution in [1.29, 1.82) is 0 Å². The summed E-state index contributed by atoms with van der Waals surface area (Å²) < 4.78 is 0. The number of thiophene rings is 2. The first kappa shape index (κ1) is 14.8. The highest BCUT2D eigenvalue weighted by atomic mass is 32.1. The van der Waals surface area contributed by atoms with Gasteiger partial charge in [-0.1, -0.05) is 0 Å². The first-order chi connectivity index (χ1) is 10.1. The molecular formula is C16H19NO2S2. The SMILES string of the molecule is Cc1csc(C(c2ccc(C)s2)N2CCCC2C(=O)O)c1. The molecule has 3 heterocycles. The van der Waals surface area contributed by atoms with Crippen molar-refractivity contribution in [3.05, 3.63) is 43.8 Å². The summed E-state index contributed by atoms with van der Waals surface area (Å²) in [5, 5.41) is 11.6. The Labute approximate surface area is 132 Å².